The first-order valence-corrected chi connectivity index (χ1v) is 7.28. The fourth-order valence-corrected chi connectivity index (χ4v) is 2.54. The minimum absolute atomic E-state index is 0.0150. The van der Waals surface area contributed by atoms with E-state index in [0.29, 0.717) is 31.2 Å². The molecule has 0 aliphatic carbocycles. The van der Waals surface area contributed by atoms with Crippen LogP contribution in [0.4, 0.5) is 0 Å². The van der Waals surface area contributed by atoms with Crippen molar-refractivity contribution in [2.45, 2.75) is 38.6 Å². The van der Waals surface area contributed by atoms with Gasteiger partial charge in [0.25, 0.3) is 0 Å². The molecule has 2 heterocycles. The molecule has 0 N–H and O–H groups in total. The predicted octanol–water partition coefficient (Wildman–Crippen LogP) is 2.71. The molecule has 5 heteroatoms. The zero-order valence-corrected chi connectivity index (χ0v) is 12.3. The van der Waals surface area contributed by atoms with Crippen LogP contribution in [0.25, 0.3) is 0 Å². The summed E-state index contributed by atoms with van der Waals surface area (Å²) in [5.41, 5.74) is 1.14. The number of nitrogens with zero attached hydrogens (tertiary/aromatic N) is 3. The summed E-state index contributed by atoms with van der Waals surface area (Å²) in [6.45, 7) is 5.33. The van der Waals surface area contributed by atoms with Gasteiger partial charge in [-0.1, -0.05) is 49.3 Å². The van der Waals surface area contributed by atoms with E-state index in [-0.39, 0.29) is 17.7 Å². The Morgan fingerprint density at radius 2 is 2.10 bits per heavy atom. The lowest BCUT2D eigenvalue weighted by Gasteiger charge is -2.15. The summed E-state index contributed by atoms with van der Waals surface area (Å²) in [6.07, 6.45) is 0.451. The van der Waals surface area contributed by atoms with Crippen molar-refractivity contribution < 1.29 is 9.32 Å². The average Bonchev–Trinajstić information content (AvgIpc) is 3.08. The van der Waals surface area contributed by atoms with Crippen molar-refractivity contribution in [3.63, 3.8) is 0 Å². The smallest absolute Gasteiger partial charge is 0.232 e. The Hall–Kier alpha value is -2.17. The van der Waals surface area contributed by atoms with Crippen LogP contribution in [0.3, 0.4) is 0 Å². The number of aromatic nitrogens is 2. The molecule has 3 rings (SSSR count). The molecular weight excluding hydrogens is 266 g/mol. The molecule has 0 bridgehead atoms. The molecule has 1 aromatic carbocycles. The average molecular weight is 285 g/mol. The quantitative estimate of drug-likeness (QED) is 0.866. The second kappa shape index (κ2) is 5.68. The minimum Gasteiger partial charge on any atom is -0.339 e. The van der Waals surface area contributed by atoms with Gasteiger partial charge in [-0.3, -0.25) is 4.79 Å². The molecule has 1 fully saturated rings. The van der Waals surface area contributed by atoms with Gasteiger partial charge in [-0.25, -0.2) is 0 Å². The van der Waals surface area contributed by atoms with Crippen molar-refractivity contribution in [3.8, 4) is 0 Å². The zero-order valence-electron chi connectivity index (χ0n) is 12.3. The number of hydrogen-bond acceptors (Lipinski definition) is 4. The first-order valence-electron chi connectivity index (χ1n) is 7.28. The van der Waals surface area contributed by atoms with Crippen molar-refractivity contribution in [1.29, 1.82) is 0 Å². The molecule has 0 radical (unpaired) electrons. The molecule has 2 aromatic rings. The van der Waals surface area contributed by atoms with Crippen molar-refractivity contribution in [2.24, 2.45) is 0 Å². The third kappa shape index (κ3) is 2.96. The van der Waals surface area contributed by atoms with Crippen LogP contribution in [0.2, 0.25) is 0 Å². The van der Waals surface area contributed by atoms with Gasteiger partial charge in [0.1, 0.15) is 0 Å². The van der Waals surface area contributed by atoms with Crippen molar-refractivity contribution in [3.05, 3.63) is 47.6 Å². The van der Waals surface area contributed by atoms with E-state index in [9.17, 15) is 4.79 Å². The SMILES string of the molecule is CC(C)c1noc([C@H]2CC(=O)N(Cc3ccccc3)C2)n1. The van der Waals surface area contributed by atoms with E-state index in [4.69, 9.17) is 4.52 Å². The molecule has 0 saturated carbocycles. The maximum absolute atomic E-state index is 12.1. The van der Waals surface area contributed by atoms with E-state index in [1.54, 1.807) is 0 Å². The summed E-state index contributed by atoms with van der Waals surface area (Å²) in [5.74, 6) is 1.69. The zero-order chi connectivity index (χ0) is 14.8. The van der Waals surface area contributed by atoms with Crippen LogP contribution in [0.5, 0.6) is 0 Å². The predicted molar refractivity (Wildman–Crippen MR) is 77.6 cm³/mol. The molecule has 110 valence electrons. The summed E-state index contributed by atoms with van der Waals surface area (Å²) in [5, 5.41) is 3.98. The highest BCUT2D eigenvalue weighted by Crippen LogP contribution is 2.28. The maximum Gasteiger partial charge on any atom is 0.232 e. The second-order valence-corrected chi connectivity index (χ2v) is 5.81. The summed E-state index contributed by atoms with van der Waals surface area (Å²) in [4.78, 5) is 18.4. The molecule has 1 saturated heterocycles. The van der Waals surface area contributed by atoms with Gasteiger partial charge in [0.05, 0.1) is 5.92 Å². The lowest BCUT2D eigenvalue weighted by atomic mass is 10.1. The monoisotopic (exact) mass is 285 g/mol. The first-order chi connectivity index (χ1) is 10.1. The van der Waals surface area contributed by atoms with Crippen LogP contribution in [-0.2, 0) is 11.3 Å². The van der Waals surface area contributed by atoms with E-state index in [1.807, 2.05) is 49.1 Å². The Labute approximate surface area is 124 Å². The number of hydrogen-bond donors (Lipinski definition) is 0. The van der Waals surface area contributed by atoms with Crippen molar-refractivity contribution in [1.82, 2.24) is 15.0 Å². The molecule has 21 heavy (non-hydrogen) atoms. The second-order valence-electron chi connectivity index (χ2n) is 5.81. The number of rotatable bonds is 4. The third-order valence-electron chi connectivity index (χ3n) is 3.75. The van der Waals surface area contributed by atoms with E-state index in [1.165, 1.54) is 0 Å². The van der Waals surface area contributed by atoms with Gasteiger partial charge in [-0.2, -0.15) is 4.98 Å². The van der Waals surface area contributed by atoms with Gasteiger partial charge in [0.2, 0.25) is 11.8 Å². The van der Waals surface area contributed by atoms with Crippen molar-refractivity contribution in [2.75, 3.05) is 6.54 Å². The fraction of sp³-hybridized carbons (Fsp3) is 0.438. The van der Waals surface area contributed by atoms with Crippen LogP contribution in [0.15, 0.2) is 34.9 Å². The Kier molecular flexibility index (Phi) is 3.73. The van der Waals surface area contributed by atoms with Crippen LogP contribution >= 0.6 is 0 Å². The maximum atomic E-state index is 12.1. The standard InChI is InChI=1S/C16H19N3O2/c1-11(2)15-17-16(21-18-15)13-8-14(20)19(10-13)9-12-6-4-3-5-7-12/h3-7,11,13H,8-10H2,1-2H3/t13-/m0/s1. The Morgan fingerprint density at radius 3 is 2.76 bits per heavy atom. The number of benzene rings is 1. The van der Waals surface area contributed by atoms with Crippen molar-refractivity contribution >= 4 is 5.91 Å². The van der Waals surface area contributed by atoms with Gasteiger partial charge in [0, 0.05) is 25.4 Å². The minimum atomic E-state index is 0.0150. The topological polar surface area (TPSA) is 59.2 Å². The van der Waals surface area contributed by atoms with Gasteiger partial charge < -0.3 is 9.42 Å². The highest BCUT2D eigenvalue weighted by molar-refractivity contribution is 5.79. The number of likely N-dealkylation sites (tertiary alicyclic amines) is 1. The lowest BCUT2D eigenvalue weighted by Crippen LogP contribution is -2.24. The third-order valence-corrected chi connectivity index (χ3v) is 3.75. The normalized spacial score (nSPS) is 18.7. The Balaban J connectivity index is 1.69. The van der Waals surface area contributed by atoms with E-state index < -0.39 is 0 Å². The lowest BCUT2D eigenvalue weighted by molar-refractivity contribution is -0.128. The highest BCUT2D eigenvalue weighted by Gasteiger charge is 2.34. The molecule has 0 unspecified atom stereocenters. The van der Waals surface area contributed by atoms with Gasteiger partial charge >= 0.3 is 0 Å². The van der Waals surface area contributed by atoms with Crippen LogP contribution in [0, 0.1) is 0 Å². The van der Waals surface area contributed by atoms with Gasteiger partial charge in [0.15, 0.2) is 5.82 Å². The van der Waals surface area contributed by atoms with E-state index >= 15 is 0 Å². The Morgan fingerprint density at radius 1 is 1.33 bits per heavy atom. The van der Waals surface area contributed by atoms with Crippen LogP contribution < -0.4 is 0 Å². The van der Waals surface area contributed by atoms with Crippen LogP contribution in [0.1, 0.15) is 49.4 Å². The van der Waals surface area contributed by atoms with E-state index in [2.05, 4.69) is 10.1 Å². The molecule has 1 atom stereocenters. The molecule has 5 nitrogen and oxygen atoms in total. The van der Waals surface area contributed by atoms with Gasteiger partial charge in [-0.15, -0.1) is 0 Å². The molecule has 1 amide bonds. The molecule has 1 aliphatic rings. The summed E-state index contributed by atoms with van der Waals surface area (Å²) < 4.78 is 5.32. The van der Waals surface area contributed by atoms with Crippen LogP contribution in [-0.4, -0.2) is 27.5 Å². The largest absolute Gasteiger partial charge is 0.339 e. The molecule has 1 aliphatic heterocycles. The molecule has 0 spiro atoms. The summed E-state index contributed by atoms with van der Waals surface area (Å²) in [6, 6.07) is 10.0. The number of amides is 1. The first kappa shape index (κ1) is 13.8. The molecular formula is C16H19N3O2. The molecule has 1 aromatic heterocycles. The number of carbonyl (C=O) groups is 1. The summed E-state index contributed by atoms with van der Waals surface area (Å²) >= 11 is 0. The number of carbonyl (C=O) groups excluding carboxylic acids is 1. The Bertz CT molecular complexity index is 621. The van der Waals surface area contributed by atoms with Gasteiger partial charge in [-0.05, 0) is 5.56 Å². The highest BCUT2D eigenvalue weighted by atomic mass is 16.5. The van der Waals surface area contributed by atoms with E-state index in [0.717, 1.165) is 5.56 Å². The summed E-state index contributed by atoms with van der Waals surface area (Å²) in [7, 11) is 0. The fourth-order valence-electron chi connectivity index (χ4n) is 2.54.